The molecule has 2 heterocycles. The van der Waals surface area contributed by atoms with Crippen LogP contribution in [-0.2, 0) is 4.74 Å². The van der Waals surface area contributed by atoms with Gasteiger partial charge in [0.15, 0.2) is 5.75 Å². The van der Waals surface area contributed by atoms with Crippen molar-refractivity contribution >= 4 is 0 Å². The SMILES string of the molecule is CC(C)OCC1(CN2CC[C@H](COc3ncccc3OC(F)(F)F)C2)CC1. The summed E-state index contributed by atoms with van der Waals surface area (Å²) in [5, 5.41) is 0. The van der Waals surface area contributed by atoms with E-state index >= 15 is 0 Å². The molecule has 0 amide bonds. The van der Waals surface area contributed by atoms with Gasteiger partial charge in [0.25, 0.3) is 5.88 Å². The maximum absolute atomic E-state index is 12.5. The molecule has 2 aliphatic rings. The minimum atomic E-state index is -4.76. The molecule has 1 aliphatic carbocycles. The number of alkyl halides is 3. The molecule has 1 atom stereocenters. The summed E-state index contributed by atoms with van der Waals surface area (Å²) >= 11 is 0. The zero-order valence-corrected chi connectivity index (χ0v) is 15.8. The van der Waals surface area contributed by atoms with Gasteiger partial charge in [0.2, 0.25) is 0 Å². The molecule has 1 aliphatic heterocycles. The van der Waals surface area contributed by atoms with Crippen molar-refractivity contribution in [1.29, 1.82) is 0 Å². The molecule has 1 aromatic heterocycles. The Bertz CT molecular complexity index is 620. The van der Waals surface area contributed by atoms with E-state index in [0.29, 0.717) is 6.61 Å². The number of halogens is 3. The minimum absolute atomic E-state index is 0.114. The summed E-state index contributed by atoms with van der Waals surface area (Å²) < 4.78 is 52.7. The standard InChI is InChI=1S/C19H27F3N2O3/c1-14(2)26-13-18(6-7-18)12-24-9-5-15(10-24)11-25-17-16(4-3-8-23-17)27-19(20,21)22/h3-4,8,14-15H,5-7,9-13H2,1-2H3/t15-/m0/s1. The van der Waals surface area contributed by atoms with Crippen LogP contribution in [0, 0.1) is 11.3 Å². The lowest BCUT2D eigenvalue weighted by atomic mass is 10.1. The highest BCUT2D eigenvalue weighted by molar-refractivity contribution is 5.32. The van der Waals surface area contributed by atoms with Crippen molar-refractivity contribution < 1.29 is 27.4 Å². The molecule has 152 valence electrons. The Balaban J connectivity index is 1.46. The van der Waals surface area contributed by atoms with Crippen molar-refractivity contribution in [2.75, 3.05) is 32.8 Å². The summed E-state index contributed by atoms with van der Waals surface area (Å²) in [5.41, 5.74) is 0.286. The zero-order chi connectivity index (χ0) is 19.5. The molecule has 5 nitrogen and oxygen atoms in total. The van der Waals surface area contributed by atoms with Crippen LogP contribution in [0.25, 0.3) is 0 Å². The second kappa shape index (κ2) is 8.22. The zero-order valence-electron chi connectivity index (χ0n) is 15.8. The van der Waals surface area contributed by atoms with Crippen LogP contribution in [-0.4, -0.2) is 55.2 Å². The van der Waals surface area contributed by atoms with Crippen LogP contribution in [0.15, 0.2) is 18.3 Å². The number of pyridine rings is 1. The third-order valence-electron chi connectivity index (χ3n) is 5.03. The van der Waals surface area contributed by atoms with Crippen molar-refractivity contribution in [2.24, 2.45) is 11.3 Å². The molecule has 1 saturated heterocycles. The molecule has 27 heavy (non-hydrogen) atoms. The third kappa shape index (κ3) is 6.24. The number of aromatic nitrogens is 1. The maximum atomic E-state index is 12.5. The minimum Gasteiger partial charge on any atom is -0.475 e. The summed E-state index contributed by atoms with van der Waals surface area (Å²) in [5.74, 6) is -0.243. The van der Waals surface area contributed by atoms with Gasteiger partial charge in [0, 0.05) is 30.6 Å². The van der Waals surface area contributed by atoms with Gasteiger partial charge in [-0.2, -0.15) is 0 Å². The van der Waals surface area contributed by atoms with E-state index < -0.39 is 12.1 Å². The molecule has 8 heteroatoms. The van der Waals surface area contributed by atoms with Crippen molar-refractivity contribution in [1.82, 2.24) is 9.88 Å². The van der Waals surface area contributed by atoms with E-state index in [2.05, 4.69) is 14.6 Å². The fourth-order valence-electron chi connectivity index (χ4n) is 3.42. The molecule has 0 radical (unpaired) electrons. The van der Waals surface area contributed by atoms with Crippen LogP contribution in [0.5, 0.6) is 11.6 Å². The predicted molar refractivity (Wildman–Crippen MR) is 93.7 cm³/mol. The van der Waals surface area contributed by atoms with Gasteiger partial charge in [-0.1, -0.05) is 0 Å². The molecule has 0 aromatic carbocycles. The number of rotatable bonds is 9. The Morgan fingerprint density at radius 1 is 1.33 bits per heavy atom. The predicted octanol–water partition coefficient (Wildman–Crippen LogP) is 3.89. The van der Waals surface area contributed by atoms with Crippen molar-refractivity contribution in [2.45, 2.75) is 45.6 Å². The number of likely N-dealkylation sites (tertiary alicyclic amines) is 1. The van der Waals surface area contributed by atoms with Crippen LogP contribution in [0.2, 0.25) is 0 Å². The van der Waals surface area contributed by atoms with Crippen LogP contribution >= 0.6 is 0 Å². The van der Waals surface area contributed by atoms with Crippen molar-refractivity contribution in [3.63, 3.8) is 0 Å². The number of ether oxygens (including phenoxy) is 3. The molecular formula is C19H27F3N2O3. The van der Waals surface area contributed by atoms with Gasteiger partial charge in [-0.15, -0.1) is 13.2 Å². The van der Waals surface area contributed by atoms with Crippen molar-refractivity contribution in [3.05, 3.63) is 18.3 Å². The number of nitrogens with zero attached hydrogens (tertiary/aromatic N) is 2. The molecule has 0 bridgehead atoms. The Morgan fingerprint density at radius 3 is 2.78 bits per heavy atom. The van der Waals surface area contributed by atoms with E-state index in [0.717, 1.165) is 32.7 Å². The molecular weight excluding hydrogens is 361 g/mol. The average Bonchev–Trinajstić information content (AvgIpc) is 3.20. The molecule has 0 N–H and O–H groups in total. The van der Waals surface area contributed by atoms with E-state index in [1.807, 2.05) is 13.8 Å². The fourth-order valence-corrected chi connectivity index (χ4v) is 3.42. The Kier molecular flexibility index (Phi) is 6.15. The Morgan fingerprint density at radius 2 is 2.11 bits per heavy atom. The van der Waals surface area contributed by atoms with Crippen molar-refractivity contribution in [3.8, 4) is 11.6 Å². The van der Waals surface area contributed by atoms with E-state index in [-0.39, 0.29) is 23.3 Å². The van der Waals surface area contributed by atoms with Gasteiger partial charge in [0.1, 0.15) is 0 Å². The quantitative estimate of drug-likeness (QED) is 0.642. The monoisotopic (exact) mass is 388 g/mol. The summed E-state index contributed by atoms with van der Waals surface area (Å²) in [6, 6.07) is 2.60. The summed E-state index contributed by atoms with van der Waals surface area (Å²) in [6.07, 6.45) is 0.234. The van der Waals surface area contributed by atoms with Gasteiger partial charge in [-0.3, -0.25) is 0 Å². The van der Waals surface area contributed by atoms with E-state index in [1.165, 1.54) is 31.2 Å². The first kappa shape index (κ1) is 20.2. The largest absolute Gasteiger partial charge is 0.573 e. The summed E-state index contributed by atoms with van der Waals surface area (Å²) in [7, 11) is 0. The van der Waals surface area contributed by atoms with Crippen LogP contribution in [0.3, 0.4) is 0 Å². The van der Waals surface area contributed by atoms with Gasteiger partial charge < -0.3 is 19.1 Å². The van der Waals surface area contributed by atoms with E-state index in [4.69, 9.17) is 9.47 Å². The second-order valence-corrected chi connectivity index (χ2v) is 7.92. The van der Waals surface area contributed by atoms with Gasteiger partial charge in [-0.05, 0) is 51.8 Å². The molecule has 0 spiro atoms. The second-order valence-electron chi connectivity index (χ2n) is 7.92. The van der Waals surface area contributed by atoms with E-state index in [9.17, 15) is 13.2 Å². The molecule has 1 aromatic rings. The van der Waals surface area contributed by atoms with Crippen LogP contribution < -0.4 is 9.47 Å². The third-order valence-corrected chi connectivity index (χ3v) is 5.03. The van der Waals surface area contributed by atoms with Crippen LogP contribution in [0.1, 0.15) is 33.1 Å². The first-order valence-electron chi connectivity index (χ1n) is 9.42. The van der Waals surface area contributed by atoms with Gasteiger partial charge in [0.05, 0.1) is 19.3 Å². The lowest BCUT2D eigenvalue weighted by Gasteiger charge is -2.24. The summed E-state index contributed by atoms with van der Waals surface area (Å²) in [4.78, 5) is 6.29. The topological polar surface area (TPSA) is 43.8 Å². The highest BCUT2D eigenvalue weighted by atomic mass is 19.4. The maximum Gasteiger partial charge on any atom is 0.573 e. The Labute approximate surface area is 157 Å². The lowest BCUT2D eigenvalue weighted by Crippen LogP contribution is -2.32. The molecule has 3 rings (SSSR count). The smallest absolute Gasteiger partial charge is 0.475 e. The average molecular weight is 388 g/mol. The lowest BCUT2D eigenvalue weighted by molar-refractivity contribution is -0.275. The highest BCUT2D eigenvalue weighted by Crippen LogP contribution is 2.47. The van der Waals surface area contributed by atoms with Crippen LogP contribution in [0.4, 0.5) is 13.2 Å². The van der Waals surface area contributed by atoms with Gasteiger partial charge in [-0.25, -0.2) is 4.98 Å². The summed E-state index contributed by atoms with van der Waals surface area (Å²) in [6.45, 7) is 8.10. The highest BCUT2D eigenvalue weighted by Gasteiger charge is 2.45. The molecule has 1 saturated carbocycles. The Hall–Kier alpha value is -1.54. The first-order chi connectivity index (χ1) is 12.7. The fraction of sp³-hybridized carbons (Fsp3) is 0.737. The molecule has 2 fully saturated rings. The molecule has 0 unspecified atom stereocenters. The number of hydrogen-bond acceptors (Lipinski definition) is 5. The first-order valence-corrected chi connectivity index (χ1v) is 9.42. The van der Waals surface area contributed by atoms with E-state index in [1.54, 1.807) is 0 Å². The van der Waals surface area contributed by atoms with Gasteiger partial charge >= 0.3 is 6.36 Å². The normalized spacial score (nSPS) is 22.2. The number of hydrogen-bond donors (Lipinski definition) is 0.